The minimum atomic E-state index is -1.02. The number of nitrogens with one attached hydrogen (secondary N) is 1. The summed E-state index contributed by atoms with van der Waals surface area (Å²) in [5.74, 6) is -0.446. The number of benzene rings is 2. The maximum atomic E-state index is 12.7. The fourth-order valence-corrected chi connectivity index (χ4v) is 2.62. The van der Waals surface area contributed by atoms with Crippen molar-refractivity contribution < 1.29 is 19.4 Å². The van der Waals surface area contributed by atoms with E-state index in [0.717, 1.165) is 0 Å². The molecule has 130 valence electrons. The molecule has 0 spiro atoms. The summed E-state index contributed by atoms with van der Waals surface area (Å²) in [6.45, 7) is 0. The Labute approximate surface area is 150 Å². The van der Waals surface area contributed by atoms with Gasteiger partial charge in [-0.15, -0.1) is 0 Å². The molecule has 5 heteroatoms. The van der Waals surface area contributed by atoms with Crippen LogP contribution < -0.4 is 10.1 Å². The van der Waals surface area contributed by atoms with Crippen LogP contribution in [0.4, 0.5) is 5.69 Å². The number of hydrogen-bond acceptors (Lipinski definition) is 4. The van der Waals surface area contributed by atoms with Gasteiger partial charge in [0.15, 0.2) is 5.78 Å². The Morgan fingerprint density at radius 2 is 1.81 bits per heavy atom. The average Bonchev–Trinajstić information content (AvgIpc) is 3.14. The molecule has 0 aliphatic heterocycles. The number of carbonyl (C=O) groups excluding carboxylic acids is 1. The molecular formula is C21H17NO4. The zero-order valence-corrected chi connectivity index (χ0v) is 14.1. The number of carboxylic acid groups (broad SMARTS) is 1. The van der Waals surface area contributed by atoms with Gasteiger partial charge in [-0.3, -0.25) is 4.79 Å². The number of carbonyl (C=O) groups is 2. The molecule has 2 N–H and O–H groups in total. The van der Waals surface area contributed by atoms with Crippen molar-refractivity contribution in [2.75, 3.05) is 12.4 Å². The van der Waals surface area contributed by atoms with Gasteiger partial charge in [-0.05, 0) is 36.4 Å². The highest BCUT2D eigenvalue weighted by atomic mass is 16.5. The second-order valence-electron chi connectivity index (χ2n) is 5.59. The molecule has 0 bridgehead atoms. The van der Waals surface area contributed by atoms with Crippen molar-refractivity contribution in [1.82, 2.24) is 0 Å². The topological polar surface area (TPSA) is 75.6 Å². The van der Waals surface area contributed by atoms with Gasteiger partial charge in [-0.1, -0.05) is 30.4 Å². The van der Waals surface area contributed by atoms with Crippen LogP contribution in [0.2, 0.25) is 0 Å². The van der Waals surface area contributed by atoms with Gasteiger partial charge in [-0.25, -0.2) is 4.79 Å². The summed E-state index contributed by atoms with van der Waals surface area (Å²) < 4.78 is 5.11. The predicted molar refractivity (Wildman–Crippen MR) is 99.7 cm³/mol. The fourth-order valence-electron chi connectivity index (χ4n) is 2.62. The molecule has 0 saturated carbocycles. The Kier molecular flexibility index (Phi) is 4.99. The van der Waals surface area contributed by atoms with Gasteiger partial charge in [0.1, 0.15) is 5.75 Å². The highest BCUT2D eigenvalue weighted by Crippen LogP contribution is 2.25. The maximum absolute atomic E-state index is 12.7. The normalized spacial score (nSPS) is 14.2. The van der Waals surface area contributed by atoms with Crippen LogP contribution in [0.25, 0.3) is 0 Å². The molecule has 2 aromatic rings. The van der Waals surface area contributed by atoms with E-state index < -0.39 is 5.97 Å². The van der Waals surface area contributed by atoms with Gasteiger partial charge >= 0.3 is 5.97 Å². The van der Waals surface area contributed by atoms with Crippen molar-refractivity contribution in [2.24, 2.45) is 0 Å². The molecule has 3 rings (SSSR count). The standard InChI is InChI=1S/C21H17NO4/c1-26-16-11-9-14(10-12-16)20(23)17-7-4-5-15(17)13-22-19-8-3-2-6-18(19)21(24)25/h2-13,22H,1H3,(H,24,25)/b15-13+. The van der Waals surface area contributed by atoms with Crippen LogP contribution in [0.5, 0.6) is 5.75 Å². The molecular weight excluding hydrogens is 330 g/mol. The Balaban J connectivity index is 1.81. The second kappa shape index (κ2) is 7.53. The van der Waals surface area contributed by atoms with Gasteiger partial charge in [-0.2, -0.15) is 0 Å². The number of rotatable bonds is 6. The molecule has 2 aromatic carbocycles. The number of aromatic carboxylic acids is 1. The molecule has 0 heterocycles. The van der Waals surface area contributed by atoms with Crippen LogP contribution in [0, 0.1) is 0 Å². The Bertz CT molecular complexity index is 937. The van der Waals surface area contributed by atoms with Crippen molar-refractivity contribution >= 4 is 17.4 Å². The first-order chi connectivity index (χ1) is 12.6. The summed E-state index contributed by atoms with van der Waals surface area (Å²) in [5.41, 5.74) is 2.40. The lowest BCUT2D eigenvalue weighted by Crippen LogP contribution is -2.06. The number of para-hydroxylation sites is 1. The Morgan fingerprint density at radius 3 is 2.50 bits per heavy atom. The number of hydrogen-bond donors (Lipinski definition) is 2. The average molecular weight is 347 g/mol. The SMILES string of the molecule is COc1ccc(C(=O)C2=CC=C/C2=C\Nc2ccccc2C(=O)O)cc1. The van der Waals surface area contributed by atoms with E-state index >= 15 is 0 Å². The lowest BCUT2D eigenvalue weighted by atomic mass is 9.99. The van der Waals surface area contributed by atoms with Crippen LogP contribution in [0.3, 0.4) is 0 Å². The number of ketones is 1. The first kappa shape index (κ1) is 17.2. The smallest absolute Gasteiger partial charge is 0.337 e. The molecule has 0 unspecified atom stereocenters. The summed E-state index contributed by atoms with van der Waals surface area (Å²) in [6.07, 6.45) is 6.96. The van der Waals surface area contributed by atoms with E-state index in [2.05, 4.69) is 5.32 Å². The van der Waals surface area contributed by atoms with Crippen LogP contribution in [0.15, 0.2) is 84.1 Å². The van der Waals surface area contributed by atoms with Gasteiger partial charge < -0.3 is 15.2 Å². The maximum Gasteiger partial charge on any atom is 0.337 e. The highest BCUT2D eigenvalue weighted by Gasteiger charge is 2.18. The third-order valence-electron chi connectivity index (χ3n) is 3.99. The molecule has 1 aliphatic rings. The lowest BCUT2D eigenvalue weighted by Gasteiger charge is -2.09. The largest absolute Gasteiger partial charge is 0.497 e. The molecule has 26 heavy (non-hydrogen) atoms. The van der Waals surface area contributed by atoms with E-state index in [1.807, 2.05) is 0 Å². The summed E-state index contributed by atoms with van der Waals surface area (Å²) in [5, 5.41) is 12.2. The van der Waals surface area contributed by atoms with Crippen molar-refractivity contribution in [3.8, 4) is 5.75 Å². The molecule has 0 saturated heterocycles. The van der Waals surface area contributed by atoms with E-state index in [1.165, 1.54) is 6.07 Å². The first-order valence-corrected chi connectivity index (χ1v) is 7.96. The minimum absolute atomic E-state index is 0.114. The Hall–Kier alpha value is -3.60. The molecule has 0 aromatic heterocycles. The van der Waals surface area contributed by atoms with Crippen LogP contribution in [0.1, 0.15) is 20.7 Å². The second-order valence-corrected chi connectivity index (χ2v) is 5.59. The number of carboxylic acids is 1. The summed E-state index contributed by atoms with van der Waals surface area (Å²) >= 11 is 0. The molecule has 0 atom stereocenters. The number of ether oxygens (including phenoxy) is 1. The fraction of sp³-hybridized carbons (Fsp3) is 0.0476. The van der Waals surface area contributed by atoms with Crippen molar-refractivity contribution in [3.05, 3.63) is 95.2 Å². The van der Waals surface area contributed by atoms with Crippen LogP contribution >= 0.6 is 0 Å². The first-order valence-electron chi connectivity index (χ1n) is 7.96. The van der Waals surface area contributed by atoms with E-state index in [-0.39, 0.29) is 11.3 Å². The van der Waals surface area contributed by atoms with Gasteiger partial charge in [0.05, 0.1) is 18.4 Å². The minimum Gasteiger partial charge on any atom is -0.497 e. The third-order valence-corrected chi connectivity index (χ3v) is 3.99. The molecule has 0 radical (unpaired) electrons. The van der Waals surface area contributed by atoms with E-state index in [1.54, 1.807) is 74.0 Å². The third kappa shape index (κ3) is 3.57. The Morgan fingerprint density at radius 1 is 1.08 bits per heavy atom. The van der Waals surface area contributed by atoms with Gasteiger partial charge in [0.25, 0.3) is 0 Å². The lowest BCUT2D eigenvalue weighted by molar-refractivity contribution is 0.0697. The quantitative estimate of drug-likeness (QED) is 0.771. The van der Waals surface area contributed by atoms with Gasteiger partial charge in [0, 0.05) is 22.9 Å². The summed E-state index contributed by atoms with van der Waals surface area (Å²) in [6, 6.07) is 13.5. The van der Waals surface area contributed by atoms with Gasteiger partial charge in [0.2, 0.25) is 0 Å². The zero-order valence-electron chi connectivity index (χ0n) is 14.1. The zero-order chi connectivity index (χ0) is 18.5. The molecule has 5 nitrogen and oxygen atoms in total. The summed E-state index contributed by atoms with van der Waals surface area (Å²) in [7, 11) is 1.57. The van der Waals surface area contributed by atoms with E-state index in [4.69, 9.17) is 4.74 Å². The molecule has 1 aliphatic carbocycles. The monoisotopic (exact) mass is 347 g/mol. The van der Waals surface area contributed by atoms with Crippen molar-refractivity contribution in [2.45, 2.75) is 0 Å². The predicted octanol–water partition coefficient (Wildman–Crippen LogP) is 4.07. The number of anilines is 1. The van der Waals surface area contributed by atoms with Crippen molar-refractivity contribution in [3.63, 3.8) is 0 Å². The molecule has 0 amide bonds. The number of methoxy groups -OCH3 is 1. The van der Waals surface area contributed by atoms with Crippen LogP contribution in [-0.2, 0) is 0 Å². The summed E-state index contributed by atoms with van der Waals surface area (Å²) in [4.78, 5) is 24.0. The van der Waals surface area contributed by atoms with Crippen molar-refractivity contribution in [1.29, 1.82) is 0 Å². The molecule has 0 fully saturated rings. The number of allylic oxidation sites excluding steroid dienone is 5. The van der Waals surface area contributed by atoms with E-state index in [9.17, 15) is 14.7 Å². The van der Waals surface area contributed by atoms with E-state index in [0.29, 0.717) is 28.1 Å². The number of Topliss-reactive ketones (excluding diaryl/α,β-unsaturated/α-hetero) is 1. The van der Waals surface area contributed by atoms with Crippen LogP contribution in [-0.4, -0.2) is 24.0 Å². The highest BCUT2D eigenvalue weighted by molar-refractivity contribution is 6.13.